The van der Waals surface area contributed by atoms with E-state index >= 15 is 0 Å². The summed E-state index contributed by atoms with van der Waals surface area (Å²) in [5.41, 5.74) is 2.12. The molecule has 0 unspecified atom stereocenters. The maximum Gasteiger partial charge on any atom is 0.302 e. The summed E-state index contributed by atoms with van der Waals surface area (Å²) in [6.45, 7) is 7.20. The fourth-order valence-electron chi connectivity index (χ4n) is 2.58. The van der Waals surface area contributed by atoms with E-state index in [1.165, 1.54) is 12.5 Å². The Labute approximate surface area is 149 Å². The Morgan fingerprint density at radius 1 is 1.24 bits per heavy atom. The van der Waals surface area contributed by atoms with Crippen LogP contribution >= 0.6 is 0 Å². The molecular formula is C20H28O5. The Balaban J connectivity index is 1.54. The topological polar surface area (TPSA) is 57.3 Å². The Bertz CT molecular complexity index is 569. The van der Waals surface area contributed by atoms with Gasteiger partial charge in [0.1, 0.15) is 19.0 Å². The molecule has 1 fully saturated rings. The van der Waals surface area contributed by atoms with Crippen molar-refractivity contribution in [2.24, 2.45) is 0 Å². The first-order valence-electron chi connectivity index (χ1n) is 8.66. The number of carbonyl (C=O) groups is 1. The number of ether oxygens (including phenoxy) is 4. The normalized spacial score (nSPS) is 22.7. The fraction of sp³-hybridized carbons (Fsp3) is 0.550. The third-order valence-corrected chi connectivity index (χ3v) is 4.22. The number of epoxide rings is 1. The lowest BCUT2D eigenvalue weighted by Crippen LogP contribution is -2.19. The van der Waals surface area contributed by atoms with Crippen LogP contribution in [0.25, 0.3) is 0 Å². The first-order valence-corrected chi connectivity index (χ1v) is 8.66. The molecule has 0 N–H and O–H groups in total. The Morgan fingerprint density at radius 2 is 2.00 bits per heavy atom. The summed E-state index contributed by atoms with van der Waals surface area (Å²) in [5, 5.41) is 0. The van der Waals surface area contributed by atoms with E-state index in [1.807, 2.05) is 43.3 Å². The van der Waals surface area contributed by atoms with Crippen molar-refractivity contribution in [1.29, 1.82) is 0 Å². The predicted molar refractivity (Wildman–Crippen MR) is 95.0 cm³/mol. The molecule has 2 atom stereocenters. The zero-order valence-corrected chi connectivity index (χ0v) is 15.3. The van der Waals surface area contributed by atoms with E-state index in [1.54, 1.807) is 0 Å². The number of esters is 1. The number of benzene rings is 1. The summed E-state index contributed by atoms with van der Waals surface area (Å²) < 4.78 is 21.8. The van der Waals surface area contributed by atoms with Gasteiger partial charge in [-0.05, 0) is 38.3 Å². The van der Waals surface area contributed by atoms with Crippen LogP contribution in [0.5, 0.6) is 0 Å². The summed E-state index contributed by atoms with van der Waals surface area (Å²) in [4.78, 5) is 10.7. The van der Waals surface area contributed by atoms with Crippen LogP contribution in [0.2, 0.25) is 0 Å². The minimum Gasteiger partial charge on any atom is -0.462 e. The maximum absolute atomic E-state index is 10.7. The van der Waals surface area contributed by atoms with E-state index in [0.717, 1.165) is 18.4 Å². The molecule has 2 rings (SSSR count). The van der Waals surface area contributed by atoms with Gasteiger partial charge in [0.05, 0.1) is 19.3 Å². The second kappa shape index (κ2) is 9.70. The highest BCUT2D eigenvalue weighted by Gasteiger charge is 2.51. The maximum atomic E-state index is 10.7. The molecule has 1 aromatic carbocycles. The molecule has 1 saturated heterocycles. The van der Waals surface area contributed by atoms with Crippen LogP contribution in [0.4, 0.5) is 0 Å². The summed E-state index contributed by atoms with van der Waals surface area (Å²) >= 11 is 0. The smallest absolute Gasteiger partial charge is 0.302 e. The molecule has 0 spiro atoms. The molecule has 1 heterocycles. The molecule has 0 aromatic heterocycles. The highest BCUT2D eigenvalue weighted by atomic mass is 16.7. The summed E-state index contributed by atoms with van der Waals surface area (Å²) in [6, 6.07) is 10.0. The van der Waals surface area contributed by atoms with Crippen LogP contribution in [0.3, 0.4) is 0 Å². The minimum absolute atomic E-state index is 0.207. The van der Waals surface area contributed by atoms with Crippen molar-refractivity contribution in [3.8, 4) is 0 Å². The molecule has 1 aliphatic heterocycles. The molecular weight excluding hydrogens is 320 g/mol. The molecule has 5 heteroatoms. The lowest BCUT2D eigenvalue weighted by Gasteiger charge is -2.09. The Kier molecular flexibility index (Phi) is 7.62. The van der Waals surface area contributed by atoms with Crippen molar-refractivity contribution in [3.05, 3.63) is 47.5 Å². The fourth-order valence-corrected chi connectivity index (χ4v) is 2.58. The van der Waals surface area contributed by atoms with Crippen molar-refractivity contribution in [3.63, 3.8) is 0 Å². The van der Waals surface area contributed by atoms with Crippen molar-refractivity contribution < 1.29 is 23.7 Å². The van der Waals surface area contributed by atoms with Gasteiger partial charge in [-0.3, -0.25) is 4.79 Å². The molecule has 5 nitrogen and oxygen atoms in total. The molecule has 0 radical (unpaired) electrons. The quantitative estimate of drug-likeness (QED) is 0.201. The van der Waals surface area contributed by atoms with Crippen LogP contribution in [0, 0.1) is 0 Å². The van der Waals surface area contributed by atoms with Crippen LogP contribution in [-0.4, -0.2) is 37.7 Å². The molecule has 0 bridgehead atoms. The number of rotatable bonds is 11. The van der Waals surface area contributed by atoms with Crippen LogP contribution in [0.1, 0.15) is 39.2 Å². The predicted octanol–water partition coefficient (Wildman–Crippen LogP) is 3.62. The summed E-state index contributed by atoms with van der Waals surface area (Å²) in [6.07, 6.45) is 4.01. The van der Waals surface area contributed by atoms with E-state index < -0.39 is 0 Å². The zero-order valence-electron chi connectivity index (χ0n) is 15.3. The van der Waals surface area contributed by atoms with E-state index in [9.17, 15) is 4.79 Å². The number of hydrogen-bond donors (Lipinski definition) is 0. The van der Waals surface area contributed by atoms with Crippen LogP contribution in [-0.2, 0) is 30.3 Å². The van der Waals surface area contributed by atoms with Gasteiger partial charge in [-0.2, -0.15) is 0 Å². The third-order valence-electron chi connectivity index (χ3n) is 4.22. The van der Waals surface area contributed by atoms with Gasteiger partial charge in [-0.1, -0.05) is 35.9 Å². The molecule has 138 valence electrons. The standard InChI is InChI=1S/C20H28O5/c1-16(11-12-24-17(2)21)9-10-19-20(3,25-19)14-23-15-22-13-18-7-5-4-6-8-18/h4-8,11,19H,9-10,12-15H2,1-3H3/b16-11+/t19-,20-/m0/s1. The van der Waals surface area contributed by atoms with E-state index in [0.29, 0.717) is 19.8 Å². The third kappa shape index (κ3) is 7.38. The highest BCUT2D eigenvalue weighted by Crippen LogP contribution is 2.40. The van der Waals surface area contributed by atoms with Crippen LogP contribution in [0.15, 0.2) is 42.0 Å². The summed E-state index contributed by atoms with van der Waals surface area (Å²) in [5.74, 6) is -0.256. The Hall–Kier alpha value is -1.69. The van der Waals surface area contributed by atoms with Gasteiger partial charge in [0.25, 0.3) is 0 Å². The number of allylic oxidation sites excluding steroid dienone is 1. The van der Waals surface area contributed by atoms with Crippen molar-refractivity contribution in [1.82, 2.24) is 0 Å². The van der Waals surface area contributed by atoms with Gasteiger partial charge in [0.15, 0.2) is 0 Å². The second-order valence-electron chi connectivity index (χ2n) is 6.61. The van der Waals surface area contributed by atoms with E-state index in [2.05, 4.69) is 6.92 Å². The van der Waals surface area contributed by atoms with Crippen molar-refractivity contribution in [2.75, 3.05) is 20.0 Å². The molecule has 1 aliphatic rings. The van der Waals surface area contributed by atoms with Crippen molar-refractivity contribution in [2.45, 2.75) is 51.9 Å². The first kappa shape index (κ1) is 19.6. The number of hydrogen-bond acceptors (Lipinski definition) is 5. The SMILES string of the molecule is CC(=O)OC/C=C(\C)CC[C@@H]1O[C@@]1(C)COCOCc1ccccc1. The molecule has 25 heavy (non-hydrogen) atoms. The van der Waals surface area contributed by atoms with Gasteiger partial charge >= 0.3 is 5.97 Å². The van der Waals surface area contributed by atoms with Gasteiger partial charge in [-0.25, -0.2) is 0 Å². The zero-order chi connectivity index (χ0) is 18.1. The molecule has 1 aromatic rings. The lowest BCUT2D eigenvalue weighted by atomic mass is 10.0. The number of carbonyl (C=O) groups excluding carboxylic acids is 1. The van der Waals surface area contributed by atoms with Crippen molar-refractivity contribution >= 4 is 5.97 Å². The second-order valence-corrected chi connectivity index (χ2v) is 6.61. The highest BCUT2D eigenvalue weighted by molar-refractivity contribution is 5.66. The summed E-state index contributed by atoms with van der Waals surface area (Å²) in [7, 11) is 0. The minimum atomic E-state index is -0.256. The average Bonchev–Trinajstić information content (AvgIpc) is 3.23. The van der Waals surface area contributed by atoms with Gasteiger partial charge in [-0.15, -0.1) is 0 Å². The van der Waals surface area contributed by atoms with E-state index in [4.69, 9.17) is 18.9 Å². The monoisotopic (exact) mass is 348 g/mol. The van der Waals surface area contributed by atoms with Crippen LogP contribution < -0.4 is 0 Å². The molecule has 0 saturated carbocycles. The first-order chi connectivity index (χ1) is 12.0. The van der Waals surface area contributed by atoms with Gasteiger partial charge in [0, 0.05) is 6.92 Å². The van der Waals surface area contributed by atoms with E-state index in [-0.39, 0.29) is 24.5 Å². The van der Waals surface area contributed by atoms with Gasteiger partial charge < -0.3 is 18.9 Å². The lowest BCUT2D eigenvalue weighted by molar-refractivity contribution is -0.139. The Morgan fingerprint density at radius 3 is 2.72 bits per heavy atom. The molecule has 0 aliphatic carbocycles. The van der Waals surface area contributed by atoms with Gasteiger partial charge in [0.2, 0.25) is 0 Å². The average molecular weight is 348 g/mol. The molecule has 0 amide bonds. The largest absolute Gasteiger partial charge is 0.462 e.